The third kappa shape index (κ3) is 27.9. The molecule has 0 spiro atoms. The maximum atomic E-state index is 5.58. The third-order valence-electron chi connectivity index (χ3n) is 5.66. The van der Waals surface area contributed by atoms with Gasteiger partial charge in [0.1, 0.15) is 0 Å². The summed E-state index contributed by atoms with van der Waals surface area (Å²) >= 11 is 0. The third-order valence-corrected chi connectivity index (χ3v) is 5.66. The Morgan fingerprint density at radius 1 is 0.788 bits per heavy atom. The number of hydrogen-bond acceptors (Lipinski definition) is 6. The smallest absolute Gasteiger partial charge is 0.0221 e. The molecule has 1 rings (SSSR count). The number of hydrogen-bond donors (Lipinski definition) is 6. The first-order chi connectivity index (χ1) is 16.1. The first kappa shape index (κ1) is 37.3. The molecule has 1 saturated carbocycles. The van der Waals surface area contributed by atoms with E-state index in [1.165, 1.54) is 51.4 Å². The van der Waals surface area contributed by atoms with Crippen LogP contribution < -0.4 is 32.3 Å². The monoisotopic (exact) mass is 475 g/mol. The highest BCUT2D eigenvalue weighted by molar-refractivity contribution is 4.87. The first-order valence-corrected chi connectivity index (χ1v) is 14.4. The molecule has 204 valence electrons. The maximum Gasteiger partial charge on any atom is 0.0221 e. The van der Waals surface area contributed by atoms with Crippen molar-refractivity contribution in [2.75, 3.05) is 52.9 Å². The average Bonchev–Trinajstić information content (AvgIpc) is 2.87. The second kappa shape index (κ2) is 33.9. The molecular formula is C27H66N6. The summed E-state index contributed by atoms with van der Waals surface area (Å²) in [5.74, 6) is 0. The van der Waals surface area contributed by atoms with E-state index in [9.17, 15) is 0 Å². The molecular weight excluding hydrogens is 408 g/mol. The van der Waals surface area contributed by atoms with Crippen LogP contribution in [-0.2, 0) is 0 Å². The fraction of sp³-hybridized carbons (Fsp3) is 1.00. The van der Waals surface area contributed by atoms with Gasteiger partial charge in [0.25, 0.3) is 0 Å². The average molecular weight is 475 g/mol. The summed E-state index contributed by atoms with van der Waals surface area (Å²) in [7, 11) is 1.93. The van der Waals surface area contributed by atoms with E-state index in [-0.39, 0.29) is 0 Å². The van der Waals surface area contributed by atoms with Crippen molar-refractivity contribution in [1.82, 2.24) is 26.6 Å². The molecule has 0 radical (unpaired) electrons. The highest BCUT2D eigenvalue weighted by Crippen LogP contribution is 2.18. The van der Waals surface area contributed by atoms with E-state index in [2.05, 4.69) is 61.2 Å². The lowest BCUT2D eigenvalue weighted by atomic mass is 9.90. The fourth-order valence-electron chi connectivity index (χ4n) is 3.56. The molecule has 0 aliphatic heterocycles. The Balaban J connectivity index is -0.000000684. The van der Waals surface area contributed by atoms with Gasteiger partial charge in [0.15, 0.2) is 0 Å². The molecule has 33 heavy (non-hydrogen) atoms. The van der Waals surface area contributed by atoms with E-state index in [4.69, 9.17) is 5.73 Å². The van der Waals surface area contributed by atoms with Gasteiger partial charge in [-0.3, -0.25) is 0 Å². The molecule has 6 heteroatoms. The largest absolute Gasteiger partial charge is 0.329 e. The second-order valence-electron chi connectivity index (χ2n) is 8.52. The van der Waals surface area contributed by atoms with Crippen molar-refractivity contribution >= 4 is 0 Å². The fourth-order valence-corrected chi connectivity index (χ4v) is 3.56. The van der Waals surface area contributed by atoms with Gasteiger partial charge in [0.05, 0.1) is 0 Å². The lowest BCUT2D eigenvalue weighted by Gasteiger charge is -2.34. The van der Waals surface area contributed by atoms with E-state index >= 15 is 0 Å². The molecule has 0 bridgehead atoms. The molecule has 0 unspecified atom stereocenters. The molecule has 1 aliphatic carbocycles. The summed E-state index contributed by atoms with van der Waals surface area (Å²) in [6, 6.07) is 1.79. The zero-order chi connectivity index (χ0) is 25.6. The van der Waals surface area contributed by atoms with Gasteiger partial charge in [-0.05, 0) is 45.8 Å². The minimum Gasteiger partial charge on any atom is -0.329 e. The normalized spacial score (nSPS) is 18.1. The summed E-state index contributed by atoms with van der Waals surface area (Å²) < 4.78 is 0. The Labute approximate surface area is 209 Å². The van der Waals surface area contributed by atoms with E-state index < -0.39 is 0 Å². The summed E-state index contributed by atoms with van der Waals surface area (Å²) in [5.41, 5.74) is 5.58. The standard InChI is InChI=1S/C17H39N5.C5H12.C3H9N.C2H6/c1-3-10-19-12-13-21-16-7-5-6-8-17(16)22-14-15(4-2)20-11-9-18;1-3-5-4-2;1-3-4-2;1-2/h15-17,19-22H,3-14,18H2,1-2H3;3-5H2,1-2H3;4H,3H2,1-2H3;1-2H3/t15-,16+,17+;;;/m0.../s1. The van der Waals surface area contributed by atoms with Crippen LogP contribution in [0, 0.1) is 0 Å². The van der Waals surface area contributed by atoms with E-state index in [0.29, 0.717) is 18.1 Å². The van der Waals surface area contributed by atoms with E-state index in [0.717, 1.165) is 52.2 Å². The Morgan fingerprint density at radius 3 is 1.79 bits per heavy atom. The van der Waals surface area contributed by atoms with Gasteiger partial charge in [0.2, 0.25) is 0 Å². The van der Waals surface area contributed by atoms with Crippen molar-refractivity contribution < 1.29 is 0 Å². The van der Waals surface area contributed by atoms with Crippen molar-refractivity contribution in [1.29, 1.82) is 0 Å². The number of nitrogens with one attached hydrogen (secondary N) is 5. The van der Waals surface area contributed by atoms with Crippen molar-refractivity contribution in [2.45, 2.75) is 124 Å². The summed E-state index contributed by atoms with van der Waals surface area (Å²) in [6.45, 7) is 22.0. The van der Waals surface area contributed by atoms with Gasteiger partial charge in [0, 0.05) is 50.8 Å². The van der Waals surface area contributed by atoms with Crippen LogP contribution >= 0.6 is 0 Å². The second-order valence-corrected chi connectivity index (χ2v) is 8.52. The summed E-state index contributed by atoms with van der Waals surface area (Å²) in [5, 5.41) is 17.5. The molecule has 3 atom stereocenters. The van der Waals surface area contributed by atoms with Crippen molar-refractivity contribution in [3.63, 3.8) is 0 Å². The minimum absolute atomic E-state index is 0.539. The molecule has 6 nitrogen and oxygen atoms in total. The molecule has 0 amide bonds. The first-order valence-electron chi connectivity index (χ1n) is 14.4. The Kier molecular flexibility index (Phi) is 38.4. The van der Waals surface area contributed by atoms with Gasteiger partial charge in [-0.1, -0.05) is 80.6 Å². The number of unbranched alkanes of at least 4 members (excludes halogenated alkanes) is 2. The number of nitrogens with two attached hydrogens (primary N) is 1. The van der Waals surface area contributed by atoms with Crippen LogP contribution in [0.5, 0.6) is 0 Å². The highest BCUT2D eigenvalue weighted by atomic mass is 15.1. The molecule has 0 saturated heterocycles. The Bertz CT molecular complexity index is 313. The molecule has 7 N–H and O–H groups in total. The van der Waals surface area contributed by atoms with Crippen LogP contribution in [0.15, 0.2) is 0 Å². The molecule has 0 aromatic rings. The zero-order valence-corrected chi connectivity index (χ0v) is 24.1. The Morgan fingerprint density at radius 2 is 1.36 bits per heavy atom. The Hall–Kier alpha value is -0.240. The minimum atomic E-state index is 0.539. The van der Waals surface area contributed by atoms with E-state index in [1.807, 2.05) is 20.9 Å². The van der Waals surface area contributed by atoms with Crippen LogP contribution in [0.2, 0.25) is 0 Å². The molecule has 0 aromatic carbocycles. The molecule has 0 heterocycles. The quantitative estimate of drug-likeness (QED) is 0.188. The zero-order valence-electron chi connectivity index (χ0n) is 24.1. The van der Waals surface area contributed by atoms with Gasteiger partial charge in [-0.2, -0.15) is 0 Å². The maximum absolute atomic E-state index is 5.58. The van der Waals surface area contributed by atoms with Gasteiger partial charge in [-0.25, -0.2) is 0 Å². The van der Waals surface area contributed by atoms with Crippen molar-refractivity contribution in [2.24, 2.45) is 5.73 Å². The van der Waals surface area contributed by atoms with Crippen LogP contribution in [0.1, 0.15) is 106 Å². The van der Waals surface area contributed by atoms with E-state index in [1.54, 1.807) is 0 Å². The van der Waals surface area contributed by atoms with Crippen molar-refractivity contribution in [3.8, 4) is 0 Å². The predicted molar refractivity (Wildman–Crippen MR) is 152 cm³/mol. The van der Waals surface area contributed by atoms with Crippen LogP contribution in [0.4, 0.5) is 0 Å². The van der Waals surface area contributed by atoms with Crippen LogP contribution in [0.3, 0.4) is 0 Å². The van der Waals surface area contributed by atoms with Crippen LogP contribution in [-0.4, -0.2) is 71.0 Å². The van der Waals surface area contributed by atoms with Gasteiger partial charge in [-0.15, -0.1) is 0 Å². The molecule has 0 aromatic heterocycles. The molecule has 1 aliphatic rings. The van der Waals surface area contributed by atoms with Crippen LogP contribution in [0.25, 0.3) is 0 Å². The molecule has 1 fully saturated rings. The number of rotatable bonds is 16. The highest BCUT2D eigenvalue weighted by Gasteiger charge is 2.24. The SMILES string of the molecule is CC.CCCCC.CCCNCCN[C@@H]1CCCC[C@H]1NC[C@H](CC)NCCN.CCNC. The predicted octanol–water partition coefficient (Wildman–Crippen LogP) is 4.25. The van der Waals surface area contributed by atoms with Crippen molar-refractivity contribution in [3.05, 3.63) is 0 Å². The summed E-state index contributed by atoms with van der Waals surface area (Å²) in [4.78, 5) is 0. The topological polar surface area (TPSA) is 86.2 Å². The van der Waals surface area contributed by atoms with Gasteiger partial charge < -0.3 is 32.3 Å². The van der Waals surface area contributed by atoms with Gasteiger partial charge >= 0.3 is 0 Å². The summed E-state index contributed by atoms with van der Waals surface area (Å²) in [6.07, 6.45) is 11.8. The lowest BCUT2D eigenvalue weighted by molar-refractivity contribution is 0.274. The lowest BCUT2D eigenvalue weighted by Crippen LogP contribution is -2.53.